The van der Waals surface area contributed by atoms with Gasteiger partial charge >= 0.3 is 0 Å². The van der Waals surface area contributed by atoms with Gasteiger partial charge in [-0.2, -0.15) is 0 Å². The van der Waals surface area contributed by atoms with Crippen molar-refractivity contribution < 1.29 is 0 Å². The molecule has 0 saturated carbocycles. The van der Waals surface area contributed by atoms with Gasteiger partial charge in [-0.15, -0.1) is 35.3 Å². The van der Waals surface area contributed by atoms with Crippen LogP contribution in [0.1, 0.15) is 49.9 Å². The predicted molar refractivity (Wildman–Crippen MR) is 134 cm³/mol. The van der Waals surface area contributed by atoms with Crippen molar-refractivity contribution >= 4 is 41.3 Å². The number of aromatic nitrogens is 1. The number of nitrogens with one attached hydrogen (secondary N) is 2. The minimum absolute atomic E-state index is 0. The van der Waals surface area contributed by atoms with Gasteiger partial charge in [0.2, 0.25) is 0 Å². The number of thiazole rings is 1. The Morgan fingerprint density at radius 1 is 1.21 bits per heavy atom. The van der Waals surface area contributed by atoms with Crippen molar-refractivity contribution in [3.63, 3.8) is 0 Å². The molecule has 1 aromatic heterocycles. The first-order valence-corrected chi connectivity index (χ1v) is 11.0. The zero-order valence-electron chi connectivity index (χ0n) is 17.9. The number of piperidine rings is 1. The molecule has 0 amide bonds. The standard InChI is InChI=1S/C22H33N5S.HI/c1-22(2,3)20-25-19(16-28-20)14-24-21(23-4)26-18-10-12-27(13-11-18)15-17-8-6-5-7-9-17;/h5-9,16,18H,10-15H2,1-4H3,(H2,23,24,26);1H. The SMILES string of the molecule is CN=C(NCc1csc(C(C)(C)C)n1)NC1CCN(Cc2ccccc2)CC1.I. The van der Waals surface area contributed by atoms with E-state index in [-0.39, 0.29) is 29.4 Å². The van der Waals surface area contributed by atoms with Crippen molar-refractivity contribution in [1.82, 2.24) is 20.5 Å². The number of benzene rings is 1. The van der Waals surface area contributed by atoms with E-state index in [0.717, 1.165) is 44.1 Å². The summed E-state index contributed by atoms with van der Waals surface area (Å²) in [5.74, 6) is 0.867. The van der Waals surface area contributed by atoms with E-state index in [2.05, 4.69) is 77.0 Å². The van der Waals surface area contributed by atoms with Crippen molar-refractivity contribution in [3.05, 3.63) is 52.0 Å². The summed E-state index contributed by atoms with van der Waals surface area (Å²) in [6.45, 7) is 10.6. The number of rotatable bonds is 5. The molecule has 160 valence electrons. The fraction of sp³-hybridized carbons (Fsp3) is 0.545. The molecule has 1 aliphatic rings. The molecule has 0 aliphatic carbocycles. The molecule has 3 rings (SSSR count). The highest BCUT2D eigenvalue weighted by molar-refractivity contribution is 14.0. The summed E-state index contributed by atoms with van der Waals surface area (Å²) in [6.07, 6.45) is 2.27. The van der Waals surface area contributed by atoms with Gasteiger partial charge in [-0.1, -0.05) is 51.1 Å². The van der Waals surface area contributed by atoms with E-state index in [1.165, 1.54) is 10.6 Å². The fourth-order valence-electron chi connectivity index (χ4n) is 3.37. The average Bonchev–Trinajstić information content (AvgIpc) is 3.17. The maximum atomic E-state index is 4.75. The van der Waals surface area contributed by atoms with E-state index in [0.29, 0.717) is 12.6 Å². The Bertz CT molecular complexity index is 761. The van der Waals surface area contributed by atoms with Gasteiger partial charge in [0.05, 0.1) is 17.2 Å². The average molecular weight is 528 g/mol. The Hall–Kier alpha value is -1.19. The second-order valence-corrected chi connectivity index (χ2v) is 9.36. The van der Waals surface area contributed by atoms with Crippen LogP contribution in [0.2, 0.25) is 0 Å². The zero-order chi connectivity index (χ0) is 20.0. The van der Waals surface area contributed by atoms with Gasteiger partial charge in [0.1, 0.15) is 0 Å². The summed E-state index contributed by atoms with van der Waals surface area (Å²) in [7, 11) is 1.83. The first-order valence-electron chi connectivity index (χ1n) is 10.1. The fourth-order valence-corrected chi connectivity index (χ4v) is 4.28. The van der Waals surface area contributed by atoms with E-state index in [1.54, 1.807) is 11.3 Å². The predicted octanol–water partition coefficient (Wildman–Crippen LogP) is 4.39. The molecule has 2 aromatic rings. The Morgan fingerprint density at radius 2 is 1.90 bits per heavy atom. The number of hydrogen-bond acceptors (Lipinski definition) is 4. The molecule has 2 N–H and O–H groups in total. The molecule has 0 spiro atoms. The maximum absolute atomic E-state index is 4.75. The topological polar surface area (TPSA) is 52.6 Å². The van der Waals surface area contributed by atoms with Crippen molar-refractivity contribution in [2.45, 2.75) is 58.2 Å². The van der Waals surface area contributed by atoms with E-state index in [9.17, 15) is 0 Å². The van der Waals surface area contributed by atoms with Gasteiger partial charge in [-0.05, 0) is 18.4 Å². The third-order valence-electron chi connectivity index (χ3n) is 5.03. The largest absolute Gasteiger partial charge is 0.354 e. The van der Waals surface area contributed by atoms with Crippen LogP contribution in [-0.2, 0) is 18.5 Å². The minimum atomic E-state index is 0. The summed E-state index contributed by atoms with van der Waals surface area (Å²) in [6, 6.07) is 11.2. The molecule has 0 atom stereocenters. The molecule has 7 heteroatoms. The summed E-state index contributed by atoms with van der Waals surface area (Å²) in [5, 5.41) is 10.3. The lowest BCUT2D eigenvalue weighted by Crippen LogP contribution is -2.48. The number of halogens is 1. The summed E-state index contributed by atoms with van der Waals surface area (Å²) < 4.78 is 0. The smallest absolute Gasteiger partial charge is 0.191 e. The van der Waals surface area contributed by atoms with Crippen LogP contribution in [0, 0.1) is 0 Å². The quantitative estimate of drug-likeness (QED) is 0.344. The molecule has 2 heterocycles. The van der Waals surface area contributed by atoms with E-state index in [1.807, 2.05) is 7.05 Å². The van der Waals surface area contributed by atoms with Gasteiger partial charge in [0.25, 0.3) is 0 Å². The monoisotopic (exact) mass is 527 g/mol. The first-order chi connectivity index (χ1) is 13.4. The molecule has 0 radical (unpaired) electrons. The van der Waals surface area contributed by atoms with E-state index in [4.69, 9.17) is 4.98 Å². The number of nitrogens with zero attached hydrogens (tertiary/aromatic N) is 3. The van der Waals surface area contributed by atoms with Crippen molar-refractivity contribution in [3.8, 4) is 0 Å². The summed E-state index contributed by atoms with van der Waals surface area (Å²) in [5.41, 5.74) is 2.58. The highest BCUT2D eigenvalue weighted by Crippen LogP contribution is 2.25. The minimum Gasteiger partial charge on any atom is -0.354 e. The van der Waals surface area contributed by atoms with Crippen LogP contribution < -0.4 is 10.6 Å². The van der Waals surface area contributed by atoms with Crippen LogP contribution in [0.15, 0.2) is 40.7 Å². The molecule has 1 aliphatic heterocycles. The van der Waals surface area contributed by atoms with Crippen LogP contribution in [0.25, 0.3) is 0 Å². The number of guanidine groups is 1. The number of aliphatic imine (C=N–C) groups is 1. The molecular weight excluding hydrogens is 493 g/mol. The lowest BCUT2D eigenvalue weighted by Gasteiger charge is -2.33. The Morgan fingerprint density at radius 3 is 2.48 bits per heavy atom. The second kappa shape index (κ2) is 11.3. The lowest BCUT2D eigenvalue weighted by atomic mass is 9.98. The van der Waals surface area contributed by atoms with Crippen molar-refractivity contribution in [2.24, 2.45) is 4.99 Å². The van der Waals surface area contributed by atoms with Gasteiger partial charge < -0.3 is 10.6 Å². The summed E-state index contributed by atoms with van der Waals surface area (Å²) in [4.78, 5) is 11.7. The highest BCUT2D eigenvalue weighted by atomic mass is 127. The molecule has 0 bridgehead atoms. The van der Waals surface area contributed by atoms with Gasteiger partial charge in [0.15, 0.2) is 5.96 Å². The molecule has 1 saturated heterocycles. The van der Waals surface area contributed by atoms with Gasteiger partial charge in [0, 0.05) is 43.5 Å². The molecule has 0 unspecified atom stereocenters. The Balaban J connectivity index is 0.00000300. The van der Waals surface area contributed by atoms with Crippen LogP contribution in [0.3, 0.4) is 0 Å². The maximum Gasteiger partial charge on any atom is 0.191 e. The van der Waals surface area contributed by atoms with Crippen molar-refractivity contribution in [1.29, 1.82) is 0 Å². The molecule has 1 aromatic carbocycles. The van der Waals surface area contributed by atoms with Gasteiger partial charge in [-0.25, -0.2) is 4.98 Å². The normalized spacial score (nSPS) is 16.3. The molecule has 5 nitrogen and oxygen atoms in total. The summed E-state index contributed by atoms with van der Waals surface area (Å²) >= 11 is 1.74. The molecular formula is C22H34IN5S. The van der Waals surface area contributed by atoms with Crippen LogP contribution >= 0.6 is 35.3 Å². The number of likely N-dealkylation sites (tertiary alicyclic amines) is 1. The third-order valence-corrected chi connectivity index (χ3v) is 6.35. The Kier molecular flexibility index (Phi) is 9.36. The third kappa shape index (κ3) is 7.53. The van der Waals surface area contributed by atoms with E-state index >= 15 is 0 Å². The van der Waals surface area contributed by atoms with Crippen LogP contribution in [-0.4, -0.2) is 42.0 Å². The van der Waals surface area contributed by atoms with Gasteiger partial charge in [-0.3, -0.25) is 9.89 Å². The Labute approximate surface area is 196 Å². The highest BCUT2D eigenvalue weighted by Gasteiger charge is 2.21. The van der Waals surface area contributed by atoms with Crippen LogP contribution in [0.5, 0.6) is 0 Å². The van der Waals surface area contributed by atoms with Crippen molar-refractivity contribution in [2.75, 3.05) is 20.1 Å². The lowest BCUT2D eigenvalue weighted by molar-refractivity contribution is 0.198. The first kappa shape index (κ1) is 24.1. The van der Waals surface area contributed by atoms with Crippen LogP contribution in [0.4, 0.5) is 0 Å². The number of hydrogen-bond donors (Lipinski definition) is 2. The zero-order valence-corrected chi connectivity index (χ0v) is 21.1. The second-order valence-electron chi connectivity index (χ2n) is 8.50. The van der Waals surface area contributed by atoms with E-state index < -0.39 is 0 Å². The molecule has 1 fully saturated rings. The molecule has 29 heavy (non-hydrogen) atoms.